The van der Waals surface area contributed by atoms with Gasteiger partial charge in [-0.25, -0.2) is 5.43 Å². The van der Waals surface area contributed by atoms with Crippen LogP contribution in [0.3, 0.4) is 0 Å². The molecule has 3 aromatic rings. The molecule has 0 spiro atoms. The van der Waals surface area contributed by atoms with Gasteiger partial charge >= 0.3 is 11.8 Å². The summed E-state index contributed by atoms with van der Waals surface area (Å²) in [4.78, 5) is 23.3. The molecule has 3 rings (SSSR count). The van der Waals surface area contributed by atoms with Crippen molar-refractivity contribution >= 4 is 41.2 Å². The molecule has 2 aromatic heterocycles. The normalized spacial score (nSPS) is 10.9. The highest BCUT2D eigenvalue weighted by Crippen LogP contribution is 2.34. The van der Waals surface area contributed by atoms with Crippen molar-refractivity contribution in [1.29, 1.82) is 0 Å². The van der Waals surface area contributed by atoms with Gasteiger partial charge in [-0.2, -0.15) is 5.10 Å². The number of halogens is 2. The summed E-state index contributed by atoms with van der Waals surface area (Å²) in [6.45, 7) is 0.102. The predicted octanol–water partition coefficient (Wildman–Crippen LogP) is 3.61. The first-order chi connectivity index (χ1) is 13.0. The highest BCUT2D eigenvalue weighted by molar-refractivity contribution is 6.43. The van der Waals surface area contributed by atoms with Crippen LogP contribution in [0, 0.1) is 0 Å². The van der Waals surface area contributed by atoms with E-state index in [0.29, 0.717) is 32.9 Å². The molecule has 2 N–H and O–H groups in total. The molecular weight excluding hydrogens is 393 g/mol. The second kappa shape index (κ2) is 8.57. The Labute approximate surface area is 163 Å². The van der Waals surface area contributed by atoms with E-state index in [2.05, 4.69) is 15.8 Å². The smallest absolute Gasteiger partial charge is 0.329 e. The zero-order valence-electron chi connectivity index (χ0n) is 13.7. The maximum atomic E-state index is 11.7. The fraction of sp³-hybridized carbons (Fsp3) is 0.0556. The van der Waals surface area contributed by atoms with E-state index in [1.54, 1.807) is 42.5 Å². The van der Waals surface area contributed by atoms with Gasteiger partial charge in [-0.15, -0.1) is 0 Å². The van der Waals surface area contributed by atoms with Crippen LogP contribution in [0.2, 0.25) is 10.0 Å². The molecular formula is C18H13Cl2N3O4. The van der Waals surface area contributed by atoms with Crippen LogP contribution in [0.15, 0.2) is 62.7 Å². The monoisotopic (exact) mass is 405 g/mol. The van der Waals surface area contributed by atoms with Crippen LogP contribution in [-0.4, -0.2) is 18.0 Å². The molecule has 0 aliphatic heterocycles. The Morgan fingerprint density at radius 3 is 2.70 bits per heavy atom. The van der Waals surface area contributed by atoms with Gasteiger partial charge in [0.25, 0.3) is 0 Å². The lowest BCUT2D eigenvalue weighted by Crippen LogP contribution is -2.37. The first-order valence-corrected chi connectivity index (χ1v) is 8.48. The highest BCUT2D eigenvalue weighted by Gasteiger charge is 2.13. The van der Waals surface area contributed by atoms with Crippen LogP contribution in [0.1, 0.15) is 11.5 Å². The van der Waals surface area contributed by atoms with Gasteiger partial charge in [-0.05, 0) is 36.4 Å². The number of carbonyl (C=O) groups is 2. The Morgan fingerprint density at radius 2 is 1.93 bits per heavy atom. The Kier molecular flexibility index (Phi) is 5.95. The number of carbonyl (C=O) groups excluding carboxylic acids is 2. The summed E-state index contributed by atoms with van der Waals surface area (Å²) < 4.78 is 10.6. The Morgan fingerprint density at radius 1 is 1.07 bits per heavy atom. The minimum absolute atomic E-state index is 0.102. The molecule has 7 nitrogen and oxygen atoms in total. The summed E-state index contributed by atoms with van der Waals surface area (Å²) in [5.41, 5.74) is 2.74. The predicted molar refractivity (Wildman–Crippen MR) is 100 cm³/mol. The molecule has 0 aliphatic rings. The van der Waals surface area contributed by atoms with Crippen molar-refractivity contribution in [2.75, 3.05) is 0 Å². The van der Waals surface area contributed by atoms with Crippen LogP contribution in [0.25, 0.3) is 11.3 Å². The molecule has 0 fully saturated rings. The number of nitrogens with one attached hydrogen (secondary N) is 2. The van der Waals surface area contributed by atoms with Gasteiger partial charge in [0.2, 0.25) is 0 Å². The average molecular weight is 406 g/mol. The van der Waals surface area contributed by atoms with Gasteiger partial charge in [-0.1, -0.05) is 29.3 Å². The van der Waals surface area contributed by atoms with Crippen molar-refractivity contribution in [3.05, 3.63) is 70.3 Å². The maximum absolute atomic E-state index is 11.7. The molecule has 0 unspecified atom stereocenters. The van der Waals surface area contributed by atoms with E-state index >= 15 is 0 Å². The zero-order chi connectivity index (χ0) is 19.2. The fourth-order valence-corrected chi connectivity index (χ4v) is 2.52. The fourth-order valence-electron chi connectivity index (χ4n) is 2.13. The molecule has 1 aromatic carbocycles. The number of furan rings is 2. The van der Waals surface area contributed by atoms with E-state index in [0.717, 1.165) is 0 Å². The van der Waals surface area contributed by atoms with E-state index in [9.17, 15) is 9.59 Å². The summed E-state index contributed by atoms with van der Waals surface area (Å²) >= 11 is 12.1. The molecule has 0 bridgehead atoms. The van der Waals surface area contributed by atoms with Crippen molar-refractivity contribution < 1.29 is 18.4 Å². The Balaban J connectivity index is 1.55. The molecule has 2 amide bonds. The third-order valence-electron chi connectivity index (χ3n) is 3.41. The maximum Gasteiger partial charge on any atom is 0.329 e. The second-order valence-corrected chi connectivity index (χ2v) is 6.05. The van der Waals surface area contributed by atoms with E-state index in [1.807, 2.05) is 0 Å². The number of benzene rings is 1. The van der Waals surface area contributed by atoms with Crippen LogP contribution in [-0.2, 0) is 16.1 Å². The summed E-state index contributed by atoms with van der Waals surface area (Å²) in [5, 5.41) is 6.88. The first-order valence-electron chi connectivity index (χ1n) is 7.72. The van der Waals surface area contributed by atoms with Gasteiger partial charge in [0, 0.05) is 5.56 Å². The van der Waals surface area contributed by atoms with Crippen LogP contribution in [0.4, 0.5) is 0 Å². The third-order valence-corrected chi connectivity index (χ3v) is 4.23. The lowest BCUT2D eigenvalue weighted by molar-refractivity contribution is -0.139. The zero-order valence-corrected chi connectivity index (χ0v) is 15.3. The molecule has 27 heavy (non-hydrogen) atoms. The van der Waals surface area contributed by atoms with Crippen LogP contribution in [0.5, 0.6) is 0 Å². The number of hydrogen-bond acceptors (Lipinski definition) is 5. The Hall–Kier alpha value is -3.03. The molecule has 0 saturated carbocycles. The standard InChI is InChI=1S/C18H13Cl2N3O4/c19-14-5-1-4-13(16(14)20)15-7-6-12(27-15)10-22-23-18(25)17(24)21-9-11-3-2-8-26-11/h1-8,10H,9H2,(H,21,24)(H,23,25)/b22-10-. The van der Waals surface area contributed by atoms with E-state index in [4.69, 9.17) is 32.0 Å². The SMILES string of the molecule is O=C(NCc1ccco1)C(=O)N/N=C\c1ccc(-c2cccc(Cl)c2Cl)o1. The molecule has 0 aliphatic carbocycles. The van der Waals surface area contributed by atoms with Gasteiger partial charge < -0.3 is 14.2 Å². The van der Waals surface area contributed by atoms with Crippen molar-refractivity contribution in [1.82, 2.24) is 10.7 Å². The summed E-state index contributed by atoms with van der Waals surface area (Å²) in [6.07, 6.45) is 2.74. The van der Waals surface area contributed by atoms with Crippen molar-refractivity contribution in [2.24, 2.45) is 5.10 Å². The summed E-state index contributed by atoms with van der Waals surface area (Å²) in [7, 11) is 0. The Bertz CT molecular complexity index is 980. The van der Waals surface area contributed by atoms with E-state index < -0.39 is 11.8 Å². The molecule has 0 radical (unpaired) electrons. The lowest BCUT2D eigenvalue weighted by Gasteiger charge is -2.02. The summed E-state index contributed by atoms with van der Waals surface area (Å²) in [5.74, 6) is -0.372. The van der Waals surface area contributed by atoms with Gasteiger partial charge in [0.05, 0.1) is 29.1 Å². The van der Waals surface area contributed by atoms with Crippen molar-refractivity contribution in [2.45, 2.75) is 6.54 Å². The number of hydrazone groups is 1. The molecule has 9 heteroatoms. The highest BCUT2D eigenvalue weighted by atomic mass is 35.5. The number of amides is 2. The molecule has 138 valence electrons. The second-order valence-electron chi connectivity index (χ2n) is 5.26. The average Bonchev–Trinajstić information content (AvgIpc) is 3.34. The number of rotatable bonds is 5. The molecule has 0 saturated heterocycles. The van der Waals surface area contributed by atoms with Gasteiger partial charge in [0.1, 0.15) is 17.3 Å². The number of hydrogen-bond donors (Lipinski definition) is 2. The topological polar surface area (TPSA) is 96.8 Å². The van der Waals surface area contributed by atoms with Crippen molar-refractivity contribution in [3.63, 3.8) is 0 Å². The van der Waals surface area contributed by atoms with Crippen LogP contribution >= 0.6 is 23.2 Å². The van der Waals surface area contributed by atoms with Gasteiger partial charge in [0.15, 0.2) is 0 Å². The molecule has 0 atom stereocenters. The lowest BCUT2D eigenvalue weighted by atomic mass is 10.2. The minimum atomic E-state index is -0.914. The van der Waals surface area contributed by atoms with Gasteiger partial charge in [-0.3, -0.25) is 9.59 Å². The third kappa shape index (κ3) is 4.78. The van der Waals surface area contributed by atoms with E-state index in [-0.39, 0.29) is 6.54 Å². The number of nitrogens with zero attached hydrogens (tertiary/aromatic N) is 1. The van der Waals surface area contributed by atoms with Crippen molar-refractivity contribution in [3.8, 4) is 11.3 Å². The van der Waals surface area contributed by atoms with E-state index in [1.165, 1.54) is 12.5 Å². The first kappa shape index (κ1) is 18.8. The van der Waals surface area contributed by atoms with Crippen LogP contribution < -0.4 is 10.7 Å². The largest absolute Gasteiger partial charge is 0.467 e. The molecule has 2 heterocycles. The minimum Gasteiger partial charge on any atom is -0.467 e. The summed E-state index contributed by atoms with van der Waals surface area (Å²) in [6, 6.07) is 11.9. The quantitative estimate of drug-likeness (QED) is 0.384.